The molecule has 2 aromatic rings. The second kappa shape index (κ2) is 10.4. The molecule has 0 aromatic heterocycles. The summed E-state index contributed by atoms with van der Waals surface area (Å²) in [6, 6.07) is 13.6. The average Bonchev–Trinajstić information content (AvgIpc) is 3.30. The van der Waals surface area contributed by atoms with Gasteiger partial charge in [0.25, 0.3) is 5.91 Å². The van der Waals surface area contributed by atoms with Gasteiger partial charge in [0.1, 0.15) is 5.75 Å². The number of amides is 1. The van der Waals surface area contributed by atoms with E-state index in [0.29, 0.717) is 29.1 Å². The molecule has 0 saturated carbocycles. The van der Waals surface area contributed by atoms with Crippen LogP contribution in [0.15, 0.2) is 53.5 Å². The molecule has 1 fully saturated rings. The Morgan fingerprint density at radius 3 is 2.67 bits per heavy atom. The first-order chi connectivity index (χ1) is 14.6. The molecule has 30 heavy (non-hydrogen) atoms. The first-order valence-corrected chi connectivity index (χ1v) is 9.66. The van der Waals surface area contributed by atoms with E-state index in [1.165, 1.54) is 7.11 Å². The van der Waals surface area contributed by atoms with E-state index < -0.39 is 5.97 Å². The molecule has 2 N–H and O–H groups in total. The van der Waals surface area contributed by atoms with E-state index in [1.807, 2.05) is 0 Å². The number of esters is 1. The van der Waals surface area contributed by atoms with E-state index >= 15 is 0 Å². The fraction of sp³-hybridized carbons (Fsp3) is 0.318. The molecule has 3 rings (SSSR count). The van der Waals surface area contributed by atoms with Crippen LogP contribution in [0.2, 0.25) is 0 Å². The van der Waals surface area contributed by atoms with Crippen molar-refractivity contribution >= 4 is 23.5 Å². The topological polar surface area (TPSA) is 98.3 Å². The second-order valence-corrected chi connectivity index (χ2v) is 6.71. The van der Waals surface area contributed by atoms with E-state index in [4.69, 9.17) is 14.2 Å². The molecule has 8 heteroatoms. The van der Waals surface area contributed by atoms with Crippen molar-refractivity contribution in [2.24, 2.45) is 4.99 Å². The van der Waals surface area contributed by atoms with Gasteiger partial charge in [-0.1, -0.05) is 12.1 Å². The Labute approximate surface area is 175 Å². The highest BCUT2D eigenvalue weighted by molar-refractivity contribution is 6.10. The number of carbonyl (C=O) groups is 2. The zero-order chi connectivity index (χ0) is 21.3. The zero-order valence-electron chi connectivity index (χ0n) is 17.0. The highest BCUT2D eigenvalue weighted by atomic mass is 16.5. The molecule has 1 atom stereocenters. The van der Waals surface area contributed by atoms with E-state index in [0.717, 1.165) is 19.4 Å². The number of aliphatic imine (C=N–C) groups is 1. The van der Waals surface area contributed by atoms with E-state index in [2.05, 4.69) is 15.6 Å². The molecular weight excluding hydrogens is 386 g/mol. The monoisotopic (exact) mass is 411 g/mol. The number of anilines is 1. The van der Waals surface area contributed by atoms with Gasteiger partial charge in [0.15, 0.2) is 0 Å². The second-order valence-electron chi connectivity index (χ2n) is 6.71. The van der Waals surface area contributed by atoms with Crippen molar-refractivity contribution in [3.63, 3.8) is 0 Å². The Morgan fingerprint density at radius 1 is 1.13 bits per heavy atom. The Bertz CT molecular complexity index is 922. The third-order valence-corrected chi connectivity index (χ3v) is 4.59. The van der Waals surface area contributed by atoms with Crippen LogP contribution >= 0.6 is 0 Å². The van der Waals surface area contributed by atoms with Crippen LogP contribution in [0.4, 0.5) is 5.69 Å². The molecule has 1 heterocycles. The van der Waals surface area contributed by atoms with Crippen LogP contribution in [0.25, 0.3) is 0 Å². The average molecular weight is 411 g/mol. The van der Waals surface area contributed by atoms with Crippen LogP contribution in [0.1, 0.15) is 33.6 Å². The Balaban J connectivity index is 1.78. The van der Waals surface area contributed by atoms with Crippen molar-refractivity contribution in [1.82, 2.24) is 5.32 Å². The van der Waals surface area contributed by atoms with Gasteiger partial charge in [-0.15, -0.1) is 0 Å². The number of carbonyl (C=O) groups excluding carboxylic acids is 2. The molecule has 0 bridgehead atoms. The molecule has 0 aliphatic carbocycles. The van der Waals surface area contributed by atoms with Crippen LogP contribution in [-0.2, 0) is 9.47 Å². The maximum Gasteiger partial charge on any atom is 0.337 e. The minimum Gasteiger partial charge on any atom is -0.497 e. The summed E-state index contributed by atoms with van der Waals surface area (Å²) in [6.45, 7) is 1.14. The predicted molar refractivity (Wildman–Crippen MR) is 113 cm³/mol. The van der Waals surface area contributed by atoms with Crippen molar-refractivity contribution in [2.45, 2.75) is 18.9 Å². The number of hydrogen-bond donors (Lipinski definition) is 2. The van der Waals surface area contributed by atoms with Gasteiger partial charge in [0.05, 0.1) is 32.4 Å². The number of ether oxygens (including phenoxy) is 3. The van der Waals surface area contributed by atoms with Gasteiger partial charge in [-0.2, -0.15) is 0 Å². The summed E-state index contributed by atoms with van der Waals surface area (Å²) in [4.78, 5) is 29.0. The maximum absolute atomic E-state index is 12.7. The summed E-state index contributed by atoms with van der Waals surface area (Å²) in [5, 5.41) is 5.87. The number of benzene rings is 2. The molecule has 1 saturated heterocycles. The van der Waals surface area contributed by atoms with Gasteiger partial charge in [-0.3, -0.25) is 10.1 Å². The van der Waals surface area contributed by atoms with Gasteiger partial charge in [0.2, 0.25) is 5.96 Å². The summed E-state index contributed by atoms with van der Waals surface area (Å²) >= 11 is 0. The molecule has 2 aromatic carbocycles. The van der Waals surface area contributed by atoms with Gasteiger partial charge in [-0.05, 0) is 49.2 Å². The predicted octanol–water partition coefficient (Wildman–Crippen LogP) is 2.86. The molecule has 0 spiro atoms. The van der Waals surface area contributed by atoms with Crippen molar-refractivity contribution in [3.05, 3.63) is 59.7 Å². The fourth-order valence-corrected chi connectivity index (χ4v) is 3.01. The summed E-state index contributed by atoms with van der Waals surface area (Å²) in [5.74, 6) is 0.0630. The molecule has 1 aliphatic rings. The van der Waals surface area contributed by atoms with Gasteiger partial charge in [0, 0.05) is 17.9 Å². The van der Waals surface area contributed by atoms with Crippen LogP contribution in [-0.4, -0.2) is 51.3 Å². The largest absolute Gasteiger partial charge is 0.497 e. The minimum absolute atomic E-state index is 0.0249. The highest BCUT2D eigenvalue weighted by Crippen LogP contribution is 2.15. The Morgan fingerprint density at radius 2 is 1.93 bits per heavy atom. The summed E-state index contributed by atoms with van der Waals surface area (Å²) in [6.07, 6.45) is 1.95. The first-order valence-electron chi connectivity index (χ1n) is 9.66. The zero-order valence-corrected chi connectivity index (χ0v) is 17.0. The molecule has 0 radical (unpaired) electrons. The highest BCUT2D eigenvalue weighted by Gasteiger charge is 2.16. The normalized spacial score (nSPS) is 16.1. The standard InChI is InChI=1S/C22H25N3O5/c1-28-18-9-4-6-15(13-18)20(26)25-22(23-14-19-10-5-11-30-19)24-17-8-3-7-16(12-17)21(27)29-2/h3-4,6-9,12-13,19H,5,10-11,14H2,1-2H3,(H2,23,24,25,26)/t19-/m0/s1. The van der Waals surface area contributed by atoms with Crippen LogP contribution in [0.5, 0.6) is 5.75 Å². The fourth-order valence-electron chi connectivity index (χ4n) is 3.01. The Kier molecular flexibility index (Phi) is 7.40. The number of rotatable bonds is 6. The molecule has 1 amide bonds. The van der Waals surface area contributed by atoms with Crippen molar-refractivity contribution in [3.8, 4) is 5.75 Å². The number of nitrogens with zero attached hydrogens (tertiary/aromatic N) is 1. The molecule has 1 aliphatic heterocycles. The van der Waals surface area contributed by atoms with Crippen LogP contribution < -0.4 is 15.4 Å². The maximum atomic E-state index is 12.7. The van der Waals surface area contributed by atoms with E-state index in [1.54, 1.807) is 55.6 Å². The molecule has 158 valence electrons. The van der Waals surface area contributed by atoms with Crippen molar-refractivity contribution in [2.75, 3.05) is 32.7 Å². The molecule has 0 unspecified atom stereocenters. The molecule has 8 nitrogen and oxygen atoms in total. The lowest BCUT2D eigenvalue weighted by atomic mass is 10.2. The lowest BCUT2D eigenvalue weighted by molar-refractivity contribution is 0.0600. The molecular formula is C22H25N3O5. The van der Waals surface area contributed by atoms with E-state index in [9.17, 15) is 9.59 Å². The lowest BCUT2D eigenvalue weighted by Crippen LogP contribution is -2.36. The van der Waals surface area contributed by atoms with Gasteiger partial charge >= 0.3 is 5.97 Å². The number of nitrogens with one attached hydrogen (secondary N) is 2. The quantitative estimate of drug-likeness (QED) is 0.431. The summed E-state index contributed by atoms with van der Waals surface area (Å²) in [5.41, 5.74) is 1.42. The minimum atomic E-state index is -0.447. The first kappa shape index (κ1) is 21.3. The van der Waals surface area contributed by atoms with Crippen LogP contribution in [0.3, 0.4) is 0 Å². The number of methoxy groups -OCH3 is 2. The third-order valence-electron chi connectivity index (χ3n) is 4.59. The summed E-state index contributed by atoms with van der Waals surface area (Å²) in [7, 11) is 2.87. The lowest BCUT2D eigenvalue weighted by Gasteiger charge is -2.14. The Hall–Kier alpha value is -3.39. The van der Waals surface area contributed by atoms with Crippen molar-refractivity contribution < 1.29 is 23.8 Å². The summed E-state index contributed by atoms with van der Waals surface area (Å²) < 4.78 is 15.6. The number of guanidine groups is 1. The number of hydrogen-bond acceptors (Lipinski definition) is 6. The van der Waals surface area contributed by atoms with Gasteiger partial charge in [-0.25, -0.2) is 9.79 Å². The SMILES string of the molecule is COC(=O)c1cccc(NC(=NC[C@@H]2CCCO2)NC(=O)c2cccc(OC)c2)c1. The van der Waals surface area contributed by atoms with Crippen molar-refractivity contribution in [1.29, 1.82) is 0 Å². The van der Waals surface area contributed by atoms with E-state index in [-0.39, 0.29) is 18.0 Å². The van der Waals surface area contributed by atoms with Crippen LogP contribution in [0, 0.1) is 0 Å². The smallest absolute Gasteiger partial charge is 0.337 e. The third kappa shape index (κ3) is 5.81. The van der Waals surface area contributed by atoms with Gasteiger partial charge < -0.3 is 19.5 Å².